The monoisotopic (exact) mass is 348 g/mol. The molecular formula is C22H36O3. The molecule has 0 aromatic heterocycles. The summed E-state index contributed by atoms with van der Waals surface area (Å²) in [5, 5.41) is 11.1. The number of esters is 1. The van der Waals surface area contributed by atoms with Gasteiger partial charge in [-0.05, 0) is 80.0 Å². The smallest absolute Gasteiger partial charge is 0.302 e. The Morgan fingerprint density at radius 2 is 1.76 bits per heavy atom. The molecular weight excluding hydrogens is 312 g/mol. The van der Waals surface area contributed by atoms with E-state index in [2.05, 4.69) is 27.7 Å². The second kappa shape index (κ2) is 5.03. The molecule has 8 atom stereocenters. The van der Waals surface area contributed by atoms with Crippen LogP contribution in [0.4, 0.5) is 0 Å². The maximum absolute atomic E-state index is 11.9. The van der Waals surface area contributed by atoms with Crippen LogP contribution in [0.2, 0.25) is 0 Å². The largest absolute Gasteiger partial charge is 0.462 e. The molecule has 0 aromatic carbocycles. The summed E-state index contributed by atoms with van der Waals surface area (Å²) in [7, 11) is 0. The van der Waals surface area contributed by atoms with Gasteiger partial charge in [0.2, 0.25) is 0 Å². The number of carbonyl (C=O) groups is 1. The normalized spacial score (nSPS) is 56.8. The number of hydrogen-bond acceptors (Lipinski definition) is 3. The van der Waals surface area contributed by atoms with Crippen LogP contribution in [-0.4, -0.2) is 22.8 Å². The average Bonchev–Trinajstić information content (AvgIpc) is 3.15. The summed E-state index contributed by atoms with van der Waals surface area (Å²) in [6, 6.07) is 0. The highest BCUT2D eigenvalue weighted by atomic mass is 16.5. The van der Waals surface area contributed by atoms with Gasteiger partial charge in [0.05, 0.1) is 5.60 Å². The standard InChI is InChI=1S/C22H36O3/c1-13(2)15-7-8-16-19(15,4)12-18(25-14(3)23)20(5)9-10-21(6,24)17-11-22(16,17)20/h13,15-18,24H,7-12H2,1-6H3/t15-,16-,17+,18+,19-,20-,21-,22-/m1/s1. The molecule has 142 valence electrons. The van der Waals surface area contributed by atoms with Gasteiger partial charge in [-0.1, -0.05) is 27.7 Å². The molecule has 25 heavy (non-hydrogen) atoms. The molecule has 0 unspecified atom stereocenters. The van der Waals surface area contributed by atoms with E-state index in [1.165, 1.54) is 12.8 Å². The second-order valence-corrected chi connectivity index (χ2v) is 10.9. The highest BCUT2D eigenvalue weighted by Crippen LogP contribution is 2.84. The quantitative estimate of drug-likeness (QED) is 0.744. The van der Waals surface area contributed by atoms with Crippen molar-refractivity contribution in [2.24, 2.45) is 39.9 Å². The molecule has 0 heterocycles. The first-order valence-corrected chi connectivity index (χ1v) is 10.4. The van der Waals surface area contributed by atoms with E-state index in [0.29, 0.717) is 23.7 Å². The lowest BCUT2D eigenvalue weighted by molar-refractivity contribution is -0.208. The van der Waals surface area contributed by atoms with E-state index in [1.54, 1.807) is 6.92 Å². The van der Waals surface area contributed by atoms with Gasteiger partial charge < -0.3 is 9.84 Å². The van der Waals surface area contributed by atoms with Crippen molar-refractivity contribution < 1.29 is 14.6 Å². The number of carbonyl (C=O) groups excluding carboxylic acids is 1. The van der Waals surface area contributed by atoms with Crippen LogP contribution in [0.5, 0.6) is 0 Å². The molecule has 1 spiro atoms. The van der Waals surface area contributed by atoms with Crippen LogP contribution in [0.3, 0.4) is 0 Å². The molecule has 1 N–H and O–H groups in total. The van der Waals surface area contributed by atoms with Crippen LogP contribution in [0.1, 0.15) is 80.1 Å². The minimum atomic E-state index is -0.547. The number of ether oxygens (including phenoxy) is 1. The highest BCUT2D eigenvalue weighted by Gasteiger charge is 2.81. The first kappa shape index (κ1) is 17.8. The van der Waals surface area contributed by atoms with Crippen LogP contribution in [0, 0.1) is 39.9 Å². The van der Waals surface area contributed by atoms with Gasteiger partial charge >= 0.3 is 5.97 Å². The molecule has 4 aliphatic rings. The fourth-order valence-corrected chi connectivity index (χ4v) is 8.34. The molecule has 4 saturated carbocycles. The van der Waals surface area contributed by atoms with E-state index in [0.717, 1.165) is 25.7 Å². The zero-order chi connectivity index (χ0) is 18.4. The van der Waals surface area contributed by atoms with Crippen molar-refractivity contribution in [3.05, 3.63) is 0 Å². The van der Waals surface area contributed by atoms with Crippen LogP contribution < -0.4 is 0 Å². The van der Waals surface area contributed by atoms with Crippen LogP contribution in [-0.2, 0) is 9.53 Å². The lowest BCUT2D eigenvalue weighted by Crippen LogP contribution is -2.61. The summed E-state index contributed by atoms with van der Waals surface area (Å²) >= 11 is 0. The molecule has 4 rings (SSSR count). The van der Waals surface area contributed by atoms with Gasteiger partial charge in [0.1, 0.15) is 6.10 Å². The third-order valence-corrected chi connectivity index (χ3v) is 9.45. The Kier molecular flexibility index (Phi) is 3.58. The van der Waals surface area contributed by atoms with Gasteiger partial charge in [0, 0.05) is 12.3 Å². The van der Waals surface area contributed by atoms with Crippen molar-refractivity contribution in [3.63, 3.8) is 0 Å². The number of hydrogen-bond donors (Lipinski definition) is 1. The fraction of sp³-hybridized carbons (Fsp3) is 0.955. The zero-order valence-electron chi connectivity index (χ0n) is 16.9. The van der Waals surface area contributed by atoms with Crippen molar-refractivity contribution in [3.8, 4) is 0 Å². The lowest BCUT2D eigenvalue weighted by Gasteiger charge is -2.61. The Morgan fingerprint density at radius 3 is 2.36 bits per heavy atom. The maximum atomic E-state index is 11.9. The van der Waals surface area contributed by atoms with Gasteiger partial charge in [0.15, 0.2) is 0 Å². The van der Waals surface area contributed by atoms with Crippen LogP contribution in [0.25, 0.3) is 0 Å². The van der Waals surface area contributed by atoms with Gasteiger partial charge in [-0.15, -0.1) is 0 Å². The summed E-state index contributed by atoms with van der Waals surface area (Å²) in [6.45, 7) is 13.2. The summed E-state index contributed by atoms with van der Waals surface area (Å²) in [5.74, 6) is 2.27. The molecule has 3 nitrogen and oxygen atoms in total. The molecule has 4 aliphatic carbocycles. The molecule has 0 bridgehead atoms. The second-order valence-electron chi connectivity index (χ2n) is 10.9. The van der Waals surface area contributed by atoms with Gasteiger partial charge in [-0.3, -0.25) is 4.79 Å². The van der Waals surface area contributed by atoms with E-state index in [-0.39, 0.29) is 28.3 Å². The van der Waals surface area contributed by atoms with Crippen molar-refractivity contribution >= 4 is 5.97 Å². The number of fused-ring (bicyclic) bond motifs is 1. The Morgan fingerprint density at radius 1 is 1.08 bits per heavy atom. The van der Waals surface area contributed by atoms with Crippen molar-refractivity contribution in [2.45, 2.75) is 91.8 Å². The van der Waals surface area contributed by atoms with Crippen molar-refractivity contribution in [2.75, 3.05) is 0 Å². The number of aliphatic hydroxyl groups is 1. The van der Waals surface area contributed by atoms with E-state index in [1.807, 2.05) is 6.92 Å². The van der Waals surface area contributed by atoms with Crippen molar-refractivity contribution in [1.82, 2.24) is 0 Å². The zero-order valence-corrected chi connectivity index (χ0v) is 16.9. The number of rotatable bonds is 2. The first-order chi connectivity index (χ1) is 11.5. The topological polar surface area (TPSA) is 46.5 Å². The minimum Gasteiger partial charge on any atom is -0.462 e. The SMILES string of the molecule is CC(=O)O[C@H]1C[C@]2(C)[C@@H](C(C)C)CC[C@H]2[C@]23C[C@H]2[C@](C)(O)CC[C@]13C. The van der Waals surface area contributed by atoms with Crippen LogP contribution in [0.15, 0.2) is 0 Å². The van der Waals surface area contributed by atoms with E-state index in [9.17, 15) is 9.90 Å². The molecule has 0 aliphatic heterocycles. The fourth-order valence-electron chi connectivity index (χ4n) is 8.34. The summed E-state index contributed by atoms with van der Waals surface area (Å²) in [4.78, 5) is 11.9. The van der Waals surface area contributed by atoms with Crippen molar-refractivity contribution in [1.29, 1.82) is 0 Å². The Labute approximate surface area is 152 Å². The summed E-state index contributed by atoms with van der Waals surface area (Å²) in [5.41, 5.74) is -0.114. The van der Waals surface area contributed by atoms with E-state index in [4.69, 9.17) is 4.74 Å². The molecule has 0 saturated heterocycles. The van der Waals surface area contributed by atoms with Gasteiger partial charge in [0.25, 0.3) is 0 Å². The predicted octanol–water partition coefficient (Wildman–Crippen LogP) is 4.57. The van der Waals surface area contributed by atoms with Gasteiger partial charge in [-0.25, -0.2) is 0 Å². The predicted molar refractivity (Wildman–Crippen MR) is 97.8 cm³/mol. The highest BCUT2D eigenvalue weighted by molar-refractivity contribution is 5.66. The first-order valence-electron chi connectivity index (χ1n) is 10.4. The maximum Gasteiger partial charge on any atom is 0.302 e. The third kappa shape index (κ3) is 2.05. The Bertz CT molecular complexity index is 596. The lowest BCUT2D eigenvalue weighted by atomic mass is 9.45. The molecule has 0 aromatic rings. The van der Waals surface area contributed by atoms with Crippen LogP contribution >= 0.6 is 0 Å². The molecule has 4 fully saturated rings. The Balaban J connectivity index is 1.81. The molecule has 0 amide bonds. The van der Waals surface area contributed by atoms with Gasteiger partial charge in [-0.2, -0.15) is 0 Å². The third-order valence-electron chi connectivity index (χ3n) is 9.45. The molecule has 0 radical (unpaired) electrons. The Hall–Kier alpha value is -0.570. The minimum absolute atomic E-state index is 0.00620. The molecule has 3 heteroatoms. The van der Waals surface area contributed by atoms with E-state index < -0.39 is 5.60 Å². The van der Waals surface area contributed by atoms with E-state index >= 15 is 0 Å². The summed E-state index contributed by atoms with van der Waals surface area (Å²) in [6.07, 6.45) is 6.53. The average molecular weight is 349 g/mol. The summed E-state index contributed by atoms with van der Waals surface area (Å²) < 4.78 is 6.00.